The lowest BCUT2D eigenvalue weighted by Crippen LogP contribution is -2.41. The molecule has 1 atom stereocenters. The summed E-state index contributed by atoms with van der Waals surface area (Å²) in [4.78, 5) is 25.9. The van der Waals surface area contributed by atoms with Crippen LogP contribution in [0.3, 0.4) is 0 Å². The van der Waals surface area contributed by atoms with E-state index in [4.69, 9.17) is 9.26 Å². The monoisotopic (exact) mass is 294 g/mol. The normalized spacial score (nSPS) is 18.0. The molecule has 1 aliphatic rings. The minimum atomic E-state index is -0.415. The molecule has 6 heteroatoms. The molecule has 0 saturated carbocycles. The van der Waals surface area contributed by atoms with Gasteiger partial charge >= 0.3 is 5.97 Å². The Morgan fingerprint density at radius 1 is 1.43 bits per heavy atom. The van der Waals surface area contributed by atoms with Gasteiger partial charge in [0, 0.05) is 18.5 Å². The Bertz CT molecular complexity index is 504. The van der Waals surface area contributed by atoms with E-state index in [-0.39, 0.29) is 11.9 Å². The number of nitrogens with zero attached hydrogens (tertiary/aromatic N) is 2. The largest absolute Gasteiger partial charge is 0.464 e. The van der Waals surface area contributed by atoms with Gasteiger partial charge in [0.05, 0.1) is 12.3 Å². The van der Waals surface area contributed by atoms with E-state index in [0.717, 1.165) is 23.4 Å². The van der Waals surface area contributed by atoms with Crippen LogP contribution in [0.15, 0.2) is 4.52 Å². The Morgan fingerprint density at radius 3 is 2.81 bits per heavy atom. The second-order valence-corrected chi connectivity index (χ2v) is 5.30. The molecule has 0 aromatic carbocycles. The van der Waals surface area contributed by atoms with Crippen LogP contribution in [0.1, 0.15) is 43.2 Å². The van der Waals surface area contributed by atoms with Crippen molar-refractivity contribution >= 4 is 11.9 Å². The van der Waals surface area contributed by atoms with E-state index in [1.54, 1.807) is 11.8 Å². The molecule has 1 aromatic heterocycles. The van der Waals surface area contributed by atoms with Gasteiger partial charge in [0.2, 0.25) is 5.91 Å². The molecule has 6 nitrogen and oxygen atoms in total. The smallest absolute Gasteiger partial charge is 0.328 e. The van der Waals surface area contributed by atoms with Crippen molar-refractivity contribution in [2.45, 2.75) is 52.5 Å². The molecular formula is C15H22N2O4. The van der Waals surface area contributed by atoms with Crippen LogP contribution in [-0.2, 0) is 20.7 Å². The molecule has 1 unspecified atom stereocenters. The van der Waals surface area contributed by atoms with Crippen molar-refractivity contribution in [3.8, 4) is 0 Å². The molecule has 1 aliphatic heterocycles. The number of aryl methyl sites for hydroxylation is 2. The van der Waals surface area contributed by atoms with Gasteiger partial charge in [-0.05, 0) is 40.0 Å². The molecule has 0 spiro atoms. The topological polar surface area (TPSA) is 72.6 Å². The summed E-state index contributed by atoms with van der Waals surface area (Å²) < 4.78 is 10.1. The molecule has 0 radical (unpaired) electrons. The number of aromatic nitrogens is 1. The van der Waals surface area contributed by atoms with Gasteiger partial charge < -0.3 is 14.2 Å². The zero-order valence-electron chi connectivity index (χ0n) is 12.8. The standard InChI is InChI=1S/C15H22N2O4/c1-4-20-15(19)13-6-5-9-17(13)14(18)8-7-12-10(2)16-21-11(12)3/h13H,4-9H2,1-3H3. The molecule has 0 bridgehead atoms. The van der Waals surface area contributed by atoms with Crippen LogP contribution in [0, 0.1) is 13.8 Å². The van der Waals surface area contributed by atoms with Gasteiger partial charge in [-0.3, -0.25) is 4.79 Å². The zero-order chi connectivity index (χ0) is 15.4. The summed E-state index contributed by atoms with van der Waals surface area (Å²) in [5.41, 5.74) is 1.80. The highest BCUT2D eigenvalue weighted by molar-refractivity contribution is 5.85. The minimum absolute atomic E-state index is 0.00875. The fraction of sp³-hybridized carbons (Fsp3) is 0.667. The van der Waals surface area contributed by atoms with E-state index in [0.29, 0.717) is 32.4 Å². The quantitative estimate of drug-likeness (QED) is 0.774. The van der Waals surface area contributed by atoms with E-state index in [1.165, 1.54) is 0 Å². The van der Waals surface area contributed by atoms with Crippen molar-refractivity contribution in [1.29, 1.82) is 0 Å². The van der Waals surface area contributed by atoms with Crippen molar-refractivity contribution in [2.24, 2.45) is 0 Å². The summed E-state index contributed by atoms with van der Waals surface area (Å²) in [5.74, 6) is 0.454. The van der Waals surface area contributed by atoms with Crippen molar-refractivity contribution in [1.82, 2.24) is 10.1 Å². The lowest BCUT2D eigenvalue weighted by atomic mass is 10.1. The van der Waals surface area contributed by atoms with Gasteiger partial charge in [0.1, 0.15) is 11.8 Å². The highest BCUT2D eigenvalue weighted by atomic mass is 16.5. The molecule has 2 heterocycles. The van der Waals surface area contributed by atoms with Crippen molar-refractivity contribution < 1.29 is 18.8 Å². The number of likely N-dealkylation sites (tertiary alicyclic amines) is 1. The number of carbonyl (C=O) groups is 2. The summed E-state index contributed by atoms with van der Waals surface area (Å²) in [7, 11) is 0. The molecule has 1 amide bonds. The van der Waals surface area contributed by atoms with E-state index >= 15 is 0 Å². The number of hydrogen-bond acceptors (Lipinski definition) is 5. The third-order valence-electron chi connectivity index (χ3n) is 3.90. The van der Waals surface area contributed by atoms with Gasteiger partial charge in [-0.1, -0.05) is 5.16 Å². The van der Waals surface area contributed by atoms with Crippen molar-refractivity contribution in [3.63, 3.8) is 0 Å². The lowest BCUT2D eigenvalue weighted by Gasteiger charge is -2.23. The second-order valence-electron chi connectivity index (χ2n) is 5.30. The van der Waals surface area contributed by atoms with Crippen LogP contribution in [0.5, 0.6) is 0 Å². The highest BCUT2D eigenvalue weighted by Gasteiger charge is 2.34. The predicted octanol–water partition coefficient (Wildman–Crippen LogP) is 1.78. The summed E-state index contributed by atoms with van der Waals surface area (Å²) in [5, 5.41) is 3.89. The Hall–Kier alpha value is -1.85. The van der Waals surface area contributed by atoms with Gasteiger partial charge in [-0.15, -0.1) is 0 Å². The second kappa shape index (κ2) is 6.74. The first-order chi connectivity index (χ1) is 10.0. The molecule has 2 rings (SSSR count). The average Bonchev–Trinajstić information content (AvgIpc) is 3.05. The predicted molar refractivity (Wildman–Crippen MR) is 75.7 cm³/mol. The minimum Gasteiger partial charge on any atom is -0.464 e. The summed E-state index contributed by atoms with van der Waals surface area (Å²) in [6, 6.07) is -0.415. The first-order valence-electron chi connectivity index (χ1n) is 7.42. The maximum absolute atomic E-state index is 12.3. The van der Waals surface area contributed by atoms with Gasteiger partial charge in [0.25, 0.3) is 0 Å². The molecule has 0 N–H and O–H groups in total. The number of hydrogen-bond donors (Lipinski definition) is 0. The Kier molecular flexibility index (Phi) is 4.98. The third-order valence-corrected chi connectivity index (χ3v) is 3.90. The summed E-state index contributed by atoms with van der Waals surface area (Å²) in [6.45, 7) is 6.46. The molecule has 1 fully saturated rings. The van der Waals surface area contributed by atoms with Crippen LogP contribution in [0.2, 0.25) is 0 Å². The highest BCUT2D eigenvalue weighted by Crippen LogP contribution is 2.21. The van der Waals surface area contributed by atoms with Crippen LogP contribution in [0.4, 0.5) is 0 Å². The van der Waals surface area contributed by atoms with Crippen LogP contribution < -0.4 is 0 Å². The lowest BCUT2D eigenvalue weighted by molar-refractivity contribution is -0.153. The molecule has 0 aliphatic carbocycles. The summed E-state index contributed by atoms with van der Waals surface area (Å²) >= 11 is 0. The maximum Gasteiger partial charge on any atom is 0.328 e. The van der Waals surface area contributed by atoms with E-state index in [2.05, 4.69) is 5.16 Å². The van der Waals surface area contributed by atoms with Gasteiger partial charge in [-0.25, -0.2) is 4.79 Å². The van der Waals surface area contributed by atoms with Crippen LogP contribution in [-0.4, -0.2) is 41.1 Å². The molecule has 21 heavy (non-hydrogen) atoms. The van der Waals surface area contributed by atoms with E-state index in [9.17, 15) is 9.59 Å². The van der Waals surface area contributed by atoms with Crippen molar-refractivity contribution in [3.05, 3.63) is 17.0 Å². The fourth-order valence-corrected chi connectivity index (χ4v) is 2.78. The molecule has 1 saturated heterocycles. The van der Waals surface area contributed by atoms with Crippen LogP contribution in [0.25, 0.3) is 0 Å². The van der Waals surface area contributed by atoms with Crippen LogP contribution >= 0.6 is 0 Å². The third kappa shape index (κ3) is 3.43. The van der Waals surface area contributed by atoms with Crippen molar-refractivity contribution in [2.75, 3.05) is 13.2 Å². The first-order valence-corrected chi connectivity index (χ1v) is 7.42. The zero-order valence-corrected chi connectivity index (χ0v) is 12.8. The van der Waals surface area contributed by atoms with Gasteiger partial charge in [0.15, 0.2) is 0 Å². The first kappa shape index (κ1) is 15.5. The average molecular weight is 294 g/mol. The Morgan fingerprint density at radius 2 is 2.19 bits per heavy atom. The number of rotatable bonds is 5. The van der Waals surface area contributed by atoms with E-state index in [1.807, 2.05) is 13.8 Å². The van der Waals surface area contributed by atoms with Gasteiger partial charge in [-0.2, -0.15) is 0 Å². The number of ether oxygens (including phenoxy) is 1. The Balaban J connectivity index is 1.95. The van der Waals surface area contributed by atoms with E-state index < -0.39 is 6.04 Å². The molecular weight excluding hydrogens is 272 g/mol. The number of esters is 1. The maximum atomic E-state index is 12.3. The number of amides is 1. The number of carbonyl (C=O) groups excluding carboxylic acids is 2. The Labute approximate surface area is 124 Å². The molecule has 116 valence electrons. The SMILES string of the molecule is CCOC(=O)C1CCCN1C(=O)CCc1c(C)noc1C. The molecule has 1 aromatic rings. The summed E-state index contributed by atoms with van der Waals surface area (Å²) in [6.07, 6.45) is 2.49. The fourth-order valence-electron chi connectivity index (χ4n) is 2.78.